The van der Waals surface area contributed by atoms with Crippen molar-refractivity contribution in [1.29, 1.82) is 0 Å². The van der Waals surface area contributed by atoms with E-state index in [-0.39, 0.29) is 23.7 Å². The SMILES string of the molecule is O=C(CCN1CCc2sccc2C1c1cccc(F)c1)N1CCN(C(=O)CSc2ccccc2)CC1. The maximum atomic E-state index is 14.0. The summed E-state index contributed by atoms with van der Waals surface area (Å²) >= 11 is 3.30. The second kappa shape index (κ2) is 11.6. The number of carbonyl (C=O) groups excluding carboxylic acids is 2. The Morgan fingerprint density at radius 1 is 0.917 bits per heavy atom. The van der Waals surface area contributed by atoms with Crippen molar-refractivity contribution in [3.8, 4) is 0 Å². The summed E-state index contributed by atoms with van der Waals surface area (Å²) in [5.74, 6) is 0.419. The summed E-state index contributed by atoms with van der Waals surface area (Å²) in [6.07, 6.45) is 1.37. The van der Waals surface area contributed by atoms with Crippen molar-refractivity contribution in [3.05, 3.63) is 87.9 Å². The van der Waals surface area contributed by atoms with E-state index in [1.54, 1.807) is 35.2 Å². The van der Waals surface area contributed by atoms with E-state index in [0.717, 1.165) is 23.4 Å². The third-order valence-corrected chi connectivity index (χ3v) is 8.93. The van der Waals surface area contributed by atoms with Crippen LogP contribution in [0.5, 0.6) is 0 Å². The van der Waals surface area contributed by atoms with E-state index < -0.39 is 0 Å². The topological polar surface area (TPSA) is 43.9 Å². The monoisotopic (exact) mass is 523 g/mol. The van der Waals surface area contributed by atoms with Crippen LogP contribution in [-0.4, -0.2) is 71.5 Å². The summed E-state index contributed by atoms with van der Waals surface area (Å²) < 4.78 is 14.0. The number of amides is 2. The molecule has 5 nitrogen and oxygen atoms in total. The van der Waals surface area contributed by atoms with Crippen LogP contribution in [0.2, 0.25) is 0 Å². The van der Waals surface area contributed by atoms with Gasteiger partial charge in [0.25, 0.3) is 0 Å². The summed E-state index contributed by atoms with van der Waals surface area (Å²) in [5.41, 5.74) is 2.16. The summed E-state index contributed by atoms with van der Waals surface area (Å²) in [6, 6.07) is 18.9. The molecule has 1 atom stereocenters. The first-order valence-electron chi connectivity index (χ1n) is 12.4. The van der Waals surface area contributed by atoms with Gasteiger partial charge in [-0.05, 0) is 53.3 Å². The third kappa shape index (κ3) is 5.82. The highest BCUT2D eigenvalue weighted by Gasteiger charge is 2.31. The van der Waals surface area contributed by atoms with Gasteiger partial charge in [0.05, 0.1) is 11.8 Å². The quantitative estimate of drug-likeness (QED) is 0.422. The molecule has 5 rings (SSSR count). The number of hydrogen-bond acceptors (Lipinski definition) is 5. The smallest absolute Gasteiger partial charge is 0.233 e. The highest BCUT2D eigenvalue weighted by Crippen LogP contribution is 2.38. The molecule has 3 aromatic rings. The van der Waals surface area contributed by atoms with E-state index in [0.29, 0.717) is 44.9 Å². The maximum Gasteiger partial charge on any atom is 0.233 e. The van der Waals surface area contributed by atoms with Gasteiger partial charge in [-0.25, -0.2) is 4.39 Å². The molecule has 0 N–H and O–H groups in total. The Hall–Kier alpha value is -2.68. The number of halogens is 1. The van der Waals surface area contributed by atoms with Crippen LogP contribution in [-0.2, 0) is 16.0 Å². The lowest BCUT2D eigenvalue weighted by atomic mass is 9.93. The Morgan fingerprint density at radius 2 is 1.67 bits per heavy atom. The second-order valence-electron chi connectivity index (χ2n) is 9.16. The highest BCUT2D eigenvalue weighted by molar-refractivity contribution is 8.00. The molecule has 8 heteroatoms. The first-order valence-corrected chi connectivity index (χ1v) is 14.2. The molecule has 188 valence electrons. The van der Waals surface area contributed by atoms with Crippen molar-refractivity contribution in [2.45, 2.75) is 23.8 Å². The van der Waals surface area contributed by atoms with Crippen LogP contribution in [0.4, 0.5) is 4.39 Å². The molecule has 2 aliphatic rings. The van der Waals surface area contributed by atoms with Gasteiger partial charge in [0, 0.05) is 55.5 Å². The lowest BCUT2D eigenvalue weighted by Gasteiger charge is -2.38. The van der Waals surface area contributed by atoms with Gasteiger partial charge in [0.15, 0.2) is 0 Å². The Bertz CT molecular complexity index is 1190. The molecule has 0 saturated carbocycles. The van der Waals surface area contributed by atoms with Crippen LogP contribution in [0.3, 0.4) is 0 Å². The number of thioether (sulfide) groups is 1. The van der Waals surface area contributed by atoms with Gasteiger partial charge in [0.2, 0.25) is 11.8 Å². The molecular formula is C28H30FN3O2S2. The van der Waals surface area contributed by atoms with E-state index in [2.05, 4.69) is 16.3 Å². The van der Waals surface area contributed by atoms with Crippen molar-refractivity contribution in [1.82, 2.24) is 14.7 Å². The summed E-state index contributed by atoms with van der Waals surface area (Å²) in [7, 11) is 0. The first-order chi connectivity index (χ1) is 17.6. The number of thiophene rings is 1. The van der Waals surface area contributed by atoms with Crippen LogP contribution in [0, 0.1) is 5.82 Å². The van der Waals surface area contributed by atoms with E-state index >= 15 is 0 Å². The average molecular weight is 524 g/mol. The van der Waals surface area contributed by atoms with Crippen LogP contribution in [0.25, 0.3) is 0 Å². The number of carbonyl (C=O) groups is 2. The zero-order chi connectivity index (χ0) is 24.9. The van der Waals surface area contributed by atoms with E-state index in [1.807, 2.05) is 46.2 Å². The van der Waals surface area contributed by atoms with E-state index in [1.165, 1.54) is 16.5 Å². The van der Waals surface area contributed by atoms with Gasteiger partial charge in [-0.1, -0.05) is 30.3 Å². The van der Waals surface area contributed by atoms with Gasteiger partial charge in [-0.2, -0.15) is 0 Å². The largest absolute Gasteiger partial charge is 0.339 e. The molecule has 1 unspecified atom stereocenters. The first kappa shape index (κ1) is 25.0. The predicted octanol–water partition coefficient (Wildman–Crippen LogP) is 4.69. The maximum absolute atomic E-state index is 14.0. The van der Waals surface area contributed by atoms with Crippen molar-refractivity contribution in [2.24, 2.45) is 0 Å². The minimum absolute atomic E-state index is 0.0277. The fraction of sp³-hybridized carbons (Fsp3) is 0.357. The standard InChI is InChI=1S/C28H30FN3O2S2/c29-22-6-4-5-21(19-22)28-24-11-18-35-25(24)9-12-32(28)13-10-26(33)30-14-16-31(17-15-30)27(34)20-36-23-7-2-1-3-8-23/h1-8,11,18-19,28H,9-10,12-17,20H2. The van der Waals surface area contributed by atoms with Gasteiger partial charge in [-0.3, -0.25) is 14.5 Å². The Balaban J connectivity index is 1.14. The average Bonchev–Trinajstić information content (AvgIpc) is 3.39. The van der Waals surface area contributed by atoms with Crippen molar-refractivity contribution >= 4 is 34.9 Å². The van der Waals surface area contributed by atoms with Crippen LogP contribution in [0.1, 0.15) is 28.5 Å². The number of fused-ring (bicyclic) bond motifs is 1. The lowest BCUT2D eigenvalue weighted by molar-refractivity contribution is -0.138. The van der Waals surface area contributed by atoms with Gasteiger partial charge in [-0.15, -0.1) is 23.1 Å². The molecule has 36 heavy (non-hydrogen) atoms. The normalized spacial score (nSPS) is 18.2. The fourth-order valence-electron chi connectivity index (χ4n) is 5.03. The number of nitrogens with zero attached hydrogens (tertiary/aromatic N) is 3. The Labute approximate surface area is 219 Å². The summed E-state index contributed by atoms with van der Waals surface area (Å²) in [5, 5.41) is 2.10. The number of hydrogen-bond donors (Lipinski definition) is 0. The van der Waals surface area contributed by atoms with Crippen LogP contribution < -0.4 is 0 Å². The molecule has 2 aromatic carbocycles. The molecule has 0 radical (unpaired) electrons. The number of rotatable bonds is 7. The molecule has 0 aliphatic carbocycles. The Morgan fingerprint density at radius 3 is 2.42 bits per heavy atom. The summed E-state index contributed by atoms with van der Waals surface area (Å²) in [4.78, 5) is 34.2. The molecule has 1 saturated heterocycles. The molecule has 2 amide bonds. The van der Waals surface area contributed by atoms with Crippen LogP contribution in [0.15, 0.2) is 70.9 Å². The molecule has 0 bridgehead atoms. The van der Waals surface area contributed by atoms with E-state index in [4.69, 9.17) is 0 Å². The Kier molecular flexibility index (Phi) is 8.04. The minimum Gasteiger partial charge on any atom is -0.339 e. The van der Waals surface area contributed by atoms with Crippen molar-refractivity contribution < 1.29 is 14.0 Å². The summed E-state index contributed by atoms with van der Waals surface area (Å²) in [6.45, 7) is 3.78. The van der Waals surface area contributed by atoms with Crippen molar-refractivity contribution in [2.75, 3.05) is 45.0 Å². The van der Waals surface area contributed by atoms with Crippen LogP contribution >= 0.6 is 23.1 Å². The zero-order valence-corrected chi connectivity index (χ0v) is 21.8. The lowest BCUT2D eigenvalue weighted by Crippen LogP contribution is -2.51. The number of piperazine rings is 1. The van der Waals surface area contributed by atoms with Gasteiger partial charge >= 0.3 is 0 Å². The molecule has 1 fully saturated rings. The number of benzene rings is 2. The molecule has 3 heterocycles. The minimum atomic E-state index is -0.236. The highest BCUT2D eigenvalue weighted by atomic mass is 32.2. The molecule has 0 spiro atoms. The van der Waals surface area contributed by atoms with Gasteiger partial charge in [0.1, 0.15) is 5.82 Å². The molecular weight excluding hydrogens is 493 g/mol. The third-order valence-electron chi connectivity index (χ3n) is 6.93. The molecule has 1 aromatic heterocycles. The second-order valence-corrected chi connectivity index (χ2v) is 11.2. The fourth-order valence-corrected chi connectivity index (χ4v) is 6.76. The van der Waals surface area contributed by atoms with E-state index in [9.17, 15) is 14.0 Å². The predicted molar refractivity (Wildman–Crippen MR) is 143 cm³/mol. The zero-order valence-electron chi connectivity index (χ0n) is 20.1. The van der Waals surface area contributed by atoms with Crippen molar-refractivity contribution in [3.63, 3.8) is 0 Å². The molecule has 2 aliphatic heterocycles. The van der Waals surface area contributed by atoms with Gasteiger partial charge < -0.3 is 9.80 Å².